The average molecular weight is 216 g/mol. The molecule has 1 aromatic heterocycles. The zero-order chi connectivity index (χ0) is 11.5. The molecule has 0 saturated heterocycles. The van der Waals surface area contributed by atoms with Gasteiger partial charge in [0, 0.05) is 5.56 Å². The first-order valence-corrected chi connectivity index (χ1v) is 4.81. The minimum absolute atomic E-state index is 0.188. The van der Waals surface area contributed by atoms with Crippen LogP contribution in [-0.4, -0.2) is 15.3 Å². The van der Waals surface area contributed by atoms with Crippen molar-refractivity contribution in [2.75, 3.05) is 5.43 Å². The maximum absolute atomic E-state index is 9.71. The molecule has 4 N–H and O–H groups in total. The highest BCUT2D eigenvalue weighted by molar-refractivity contribution is 5.69. The molecule has 5 nitrogen and oxygen atoms in total. The fourth-order valence-corrected chi connectivity index (χ4v) is 1.50. The molecule has 0 bridgehead atoms. The summed E-state index contributed by atoms with van der Waals surface area (Å²) >= 11 is 0. The largest absolute Gasteiger partial charge is 0.507 e. The number of anilines is 1. The minimum Gasteiger partial charge on any atom is -0.507 e. The normalized spacial score (nSPS) is 10.1. The summed E-state index contributed by atoms with van der Waals surface area (Å²) < 4.78 is 0. The summed E-state index contributed by atoms with van der Waals surface area (Å²) in [4.78, 5) is 0. The molecular weight excluding hydrogens is 204 g/mol. The molecule has 82 valence electrons. The summed E-state index contributed by atoms with van der Waals surface area (Å²) in [7, 11) is 0. The van der Waals surface area contributed by atoms with Crippen LogP contribution in [-0.2, 0) is 0 Å². The zero-order valence-corrected chi connectivity index (χ0v) is 8.81. The van der Waals surface area contributed by atoms with Gasteiger partial charge in [-0.1, -0.05) is 12.1 Å². The second-order valence-corrected chi connectivity index (χ2v) is 3.42. The standard InChI is InChI=1S/C11H12N4O/c1-7-6-10(13-12)14-15-11(7)8-4-2-3-5-9(8)16/h2-6,16H,12H2,1H3,(H,13,14). The lowest BCUT2D eigenvalue weighted by molar-refractivity contribution is 0.477. The van der Waals surface area contributed by atoms with Crippen molar-refractivity contribution < 1.29 is 5.11 Å². The van der Waals surface area contributed by atoms with Gasteiger partial charge in [-0.15, -0.1) is 10.2 Å². The average Bonchev–Trinajstić information content (AvgIpc) is 2.30. The number of aromatic hydroxyl groups is 1. The van der Waals surface area contributed by atoms with E-state index in [1.807, 2.05) is 13.0 Å². The summed E-state index contributed by atoms with van der Waals surface area (Å²) in [6.45, 7) is 1.89. The van der Waals surface area contributed by atoms with E-state index in [2.05, 4.69) is 15.6 Å². The number of benzene rings is 1. The predicted octanol–water partition coefficient (Wildman–Crippen LogP) is 1.44. The van der Waals surface area contributed by atoms with Crippen LogP contribution in [0.15, 0.2) is 30.3 Å². The number of phenolic OH excluding ortho intramolecular Hbond substituents is 1. The van der Waals surface area contributed by atoms with Crippen molar-refractivity contribution in [1.29, 1.82) is 0 Å². The summed E-state index contributed by atoms with van der Waals surface area (Å²) in [5, 5.41) is 17.6. The molecule has 2 rings (SSSR count). The molecule has 16 heavy (non-hydrogen) atoms. The number of rotatable bonds is 2. The van der Waals surface area contributed by atoms with Crippen molar-refractivity contribution in [2.45, 2.75) is 6.92 Å². The molecule has 0 aliphatic rings. The molecule has 0 radical (unpaired) electrons. The number of aromatic nitrogens is 2. The highest BCUT2D eigenvalue weighted by Crippen LogP contribution is 2.29. The molecular formula is C11H12N4O. The second-order valence-electron chi connectivity index (χ2n) is 3.42. The van der Waals surface area contributed by atoms with E-state index in [0.717, 1.165) is 5.56 Å². The first kappa shape index (κ1) is 10.4. The van der Waals surface area contributed by atoms with E-state index in [1.165, 1.54) is 0 Å². The van der Waals surface area contributed by atoms with Crippen LogP contribution < -0.4 is 11.3 Å². The van der Waals surface area contributed by atoms with Gasteiger partial charge in [-0.2, -0.15) is 0 Å². The van der Waals surface area contributed by atoms with Crippen LogP contribution in [0.3, 0.4) is 0 Å². The van der Waals surface area contributed by atoms with Crippen LogP contribution in [0.4, 0.5) is 5.82 Å². The van der Waals surface area contributed by atoms with Gasteiger partial charge in [0.25, 0.3) is 0 Å². The summed E-state index contributed by atoms with van der Waals surface area (Å²) in [5.74, 6) is 5.92. The first-order valence-electron chi connectivity index (χ1n) is 4.81. The number of nitrogens with one attached hydrogen (secondary N) is 1. The van der Waals surface area contributed by atoms with Crippen LogP contribution in [0.2, 0.25) is 0 Å². The third-order valence-electron chi connectivity index (χ3n) is 2.29. The molecule has 0 aliphatic carbocycles. The number of nitrogens with zero attached hydrogens (tertiary/aromatic N) is 2. The zero-order valence-electron chi connectivity index (χ0n) is 8.81. The minimum atomic E-state index is 0.188. The summed E-state index contributed by atoms with van der Waals surface area (Å²) in [5.41, 5.74) is 4.63. The smallest absolute Gasteiger partial charge is 0.162 e. The van der Waals surface area contributed by atoms with E-state index in [0.29, 0.717) is 17.1 Å². The van der Waals surface area contributed by atoms with Crippen molar-refractivity contribution in [3.8, 4) is 17.0 Å². The molecule has 5 heteroatoms. The van der Waals surface area contributed by atoms with E-state index in [9.17, 15) is 5.11 Å². The molecule has 0 atom stereocenters. The Morgan fingerprint density at radius 2 is 2.00 bits per heavy atom. The molecule has 0 fully saturated rings. The quantitative estimate of drug-likeness (QED) is 0.522. The number of phenols is 1. The third kappa shape index (κ3) is 1.80. The van der Waals surface area contributed by atoms with Crippen LogP contribution in [0, 0.1) is 6.92 Å². The third-order valence-corrected chi connectivity index (χ3v) is 2.29. The lowest BCUT2D eigenvalue weighted by atomic mass is 10.1. The van der Waals surface area contributed by atoms with Gasteiger partial charge >= 0.3 is 0 Å². The van der Waals surface area contributed by atoms with E-state index in [-0.39, 0.29) is 5.75 Å². The van der Waals surface area contributed by atoms with Gasteiger partial charge < -0.3 is 10.5 Å². The molecule has 0 saturated carbocycles. The Morgan fingerprint density at radius 1 is 1.25 bits per heavy atom. The fraction of sp³-hybridized carbons (Fsp3) is 0.0909. The first-order chi connectivity index (χ1) is 7.72. The van der Waals surface area contributed by atoms with E-state index in [1.54, 1.807) is 24.3 Å². The van der Waals surface area contributed by atoms with Gasteiger partial charge in [0.2, 0.25) is 0 Å². The Balaban J connectivity index is 2.53. The number of aryl methyl sites for hydroxylation is 1. The fourth-order valence-electron chi connectivity index (χ4n) is 1.50. The van der Waals surface area contributed by atoms with Crippen LogP contribution >= 0.6 is 0 Å². The van der Waals surface area contributed by atoms with Gasteiger partial charge in [0.15, 0.2) is 5.82 Å². The highest BCUT2D eigenvalue weighted by Gasteiger charge is 2.09. The monoisotopic (exact) mass is 216 g/mol. The van der Waals surface area contributed by atoms with Crippen molar-refractivity contribution in [2.24, 2.45) is 5.84 Å². The van der Waals surface area contributed by atoms with Crippen LogP contribution in [0.25, 0.3) is 11.3 Å². The maximum Gasteiger partial charge on any atom is 0.162 e. The maximum atomic E-state index is 9.71. The van der Waals surface area contributed by atoms with Crippen LogP contribution in [0.1, 0.15) is 5.56 Å². The number of hydrogen-bond donors (Lipinski definition) is 3. The topological polar surface area (TPSA) is 84.1 Å². The predicted molar refractivity (Wildman–Crippen MR) is 61.7 cm³/mol. The van der Waals surface area contributed by atoms with Crippen LogP contribution in [0.5, 0.6) is 5.75 Å². The molecule has 0 aliphatic heterocycles. The number of nitrogens with two attached hydrogens (primary N) is 1. The molecule has 2 aromatic rings. The molecule has 1 heterocycles. The SMILES string of the molecule is Cc1cc(NN)nnc1-c1ccccc1O. The Bertz CT molecular complexity index is 513. The van der Waals surface area contributed by atoms with Gasteiger partial charge in [-0.25, -0.2) is 5.84 Å². The second kappa shape index (κ2) is 4.16. The van der Waals surface area contributed by atoms with Crippen molar-refractivity contribution in [3.63, 3.8) is 0 Å². The van der Waals surface area contributed by atoms with E-state index < -0.39 is 0 Å². The number of para-hydroxylation sites is 1. The summed E-state index contributed by atoms with van der Waals surface area (Å²) in [6.07, 6.45) is 0. The number of hydrogen-bond acceptors (Lipinski definition) is 5. The van der Waals surface area contributed by atoms with Gasteiger partial charge in [0.05, 0.1) is 5.69 Å². The Morgan fingerprint density at radius 3 is 2.62 bits per heavy atom. The molecule has 0 amide bonds. The van der Waals surface area contributed by atoms with Crippen molar-refractivity contribution in [3.05, 3.63) is 35.9 Å². The Hall–Kier alpha value is -2.14. The van der Waals surface area contributed by atoms with Gasteiger partial charge in [-0.3, -0.25) is 0 Å². The van der Waals surface area contributed by atoms with Crippen molar-refractivity contribution in [1.82, 2.24) is 10.2 Å². The molecule has 0 unspecified atom stereocenters. The van der Waals surface area contributed by atoms with Gasteiger partial charge in [-0.05, 0) is 30.7 Å². The lowest BCUT2D eigenvalue weighted by Crippen LogP contribution is -2.09. The van der Waals surface area contributed by atoms with Crippen molar-refractivity contribution >= 4 is 5.82 Å². The number of hydrazine groups is 1. The lowest BCUT2D eigenvalue weighted by Gasteiger charge is -2.07. The Labute approximate surface area is 92.9 Å². The van der Waals surface area contributed by atoms with E-state index >= 15 is 0 Å². The highest BCUT2D eigenvalue weighted by atomic mass is 16.3. The molecule has 0 spiro atoms. The Kier molecular flexibility index (Phi) is 2.70. The van der Waals surface area contributed by atoms with E-state index in [4.69, 9.17) is 5.84 Å². The van der Waals surface area contributed by atoms with Gasteiger partial charge in [0.1, 0.15) is 5.75 Å². The number of nitrogen functional groups attached to an aromatic ring is 1. The molecule has 1 aromatic carbocycles. The summed E-state index contributed by atoms with van der Waals surface area (Å²) in [6, 6.07) is 8.78.